The van der Waals surface area contributed by atoms with Crippen LogP contribution in [0.2, 0.25) is 0 Å². The molecule has 1 aromatic carbocycles. The van der Waals surface area contributed by atoms with E-state index in [1.54, 1.807) is 0 Å². The number of hydrogen-bond donors (Lipinski definition) is 1. The first-order chi connectivity index (χ1) is 15.2. The van der Waals surface area contributed by atoms with Gasteiger partial charge >= 0.3 is 0 Å². The van der Waals surface area contributed by atoms with Crippen LogP contribution in [0.1, 0.15) is 63.4 Å². The van der Waals surface area contributed by atoms with Crippen molar-refractivity contribution in [2.75, 3.05) is 32.0 Å². The minimum Gasteiger partial charge on any atom is -0.342 e. The quantitative estimate of drug-likeness (QED) is 0.688. The number of carbonyl (C=O) groups is 2. The number of rotatable bonds is 6. The predicted octanol–water partition coefficient (Wildman–Crippen LogP) is 4.60. The number of nitrogens with zero attached hydrogens (tertiary/aromatic N) is 2. The molecule has 2 amide bonds. The van der Waals surface area contributed by atoms with Crippen LogP contribution in [0.25, 0.3) is 0 Å². The highest BCUT2D eigenvalue weighted by Gasteiger charge is 2.46. The third-order valence-corrected chi connectivity index (χ3v) is 7.60. The van der Waals surface area contributed by atoms with Crippen molar-refractivity contribution in [3.8, 4) is 0 Å². The van der Waals surface area contributed by atoms with Crippen LogP contribution < -0.4 is 5.32 Å². The summed E-state index contributed by atoms with van der Waals surface area (Å²) in [4.78, 5) is 29.3. The molecule has 0 atom stereocenters. The van der Waals surface area contributed by atoms with Gasteiger partial charge in [-0.1, -0.05) is 12.8 Å². The number of anilines is 1. The molecule has 2 aliphatic carbocycles. The van der Waals surface area contributed by atoms with E-state index in [2.05, 4.69) is 10.2 Å². The van der Waals surface area contributed by atoms with Crippen molar-refractivity contribution < 1.29 is 22.8 Å². The highest BCUT2D eigenvalue weighted by Crippen LogP contribution is 2.45. The van der Waals surface area contributed by atoms with Crippen molar-refractivity contribution in [3.63, 3.8) is 0 Å². The van der Waals surface area contributed by atoms with Crippen LogP contribution in [0.4, 0.5) is 18.9 Å². The van der Waals surface area contributed by atoms with Crippen molar-refractivity contribution in [2.24, 2.45) is 11.3 Å². The number of likely N-dealkylation sites (N-methyl/N-ethyl adjacent to an activating group) is 1. The summed E-state index contributed by atoms with van der Waals surface area (Å²) in [6, 6.07) is 3.36. The molecule has 32 heavy (non-hydrogen) atoms. The van der Waals surface area contributed by atoms with Gasteiger partial charge in [0.05, 0.1) is 6.54 Å². The molecule has 1 aromatic rings. The molecule has 176 valence electrons. The average Bonchev–Trinajstić information content (AvgIpc) is 3.26. The van der Waals surface area contributed by atoms with Gasteiger partial charge in [-0.25, -0.2) is 13.2 Å². The van der Waals surface area contributed by atoms with Crippen LogP contribution >= 0.6 is 0 Å². The minimum atomic E-state index is -2.79. The maximum absolute atomic E-state index is 13.6. The standard InChI is InChI=1S/C24H32F3N3O2/c1-29(20-4-2-3-5-20)21(31)13-30-14-24(15-30)8-6-16(7-9-24)23(32)28-19-11-17(22(26)27)10-18(25)12-19/h10-12,16,20,22H,2-9,13-15H2,1H3,(H,28,32). The van der Waals surface area contributed by atoms with E-state index in [0.717, 1.165) is 57.0 Å². The molecule has 3 aliphatic rings. The Kier molecular flexibility index (Phi) is 6.79. The Morgan fingerprint density at radius 2 is 1.78 bits per heavy atom. The Balaban J connectivity index is 1.22. The summed E-state index contributed by atoms with van der Waals surface area (Å²) in [6.07, 6.45) is 5.07. The van der Waals surface area contributed by atoms with Gasteiger partial charge in [-0.2, -0.15) is 0 Å². The summed E-state index contributed by atoms with van der Waals surface area (Å²) in [5.41, 5.74) is -0.194. The predicted molar refractivity (Wildman–Crippen MR) is 116 cm³/mol. The van der Waals surface area contributed by atoms with Crippen LogP contribution in [0.5, 0.6) is 0 Å². The molecule has 1 saturated heterocycles. The number of nitrogens with one attached hydrogen (secondary N) is 1. The van der Waals surface area contributed by atoms with Gasteiger partial charge in [-0.05, 0) is 62.1 Å². The highest BCUT2D eigenvalue weighted by molar-refractivity contribution is 5.92. The lowest BCUT2D eigenvalue weighted by Gasteiger charge is -2.53. The first-order valence-corrected chi connectivity index (χ1v) is 11.6. The molecular weight excluding hydrogens is 419 g/mol. The normalized spacial score (nSPS) is 21.7. The van der Waals surface area contributed by atoms with Gasteiger partial charge in [0.2, 0.25) is 11.8 Å². The zero-order chi connectivity index (χ0) is 22.9. The molecule has 3 fully saturated rings. The smallest absolute Gasteiger partial charge is 0.264 e. The molecule has 8 heteroatoms. The zero-order valence-corrected chi connectivity index (χ0v) is 18.6. The van der Waals surface area contributed by atoms with E-state index in [0.29, 0.717) is 25.4 Å². The van der Waals surface area contributed by atoms with E-state index >= 15 is 0 Å². The van der Waals surface area contributed by atoms with Crippen LogP contribution in [0.15, 0.2) is 18.2 Å². The summed E-state index contributed by atoms with van der Waals surface area (Å²) >= 11 is 0. The van der Waals surface area contributed by atoms with Gasteiger partial charge in [0.15, 0.2) is 0 Å². The monoisotopic (exact) mass is 451 g/mol. The van der Waals surface area contributed by atoms with E-state index in [9.17, 15) is 22.8 Å². The van der Waals surface area contributed by atoms with E-state index < -0.39 is 17.8 Å². The number of amides is 2. The van der Waals surface area contributed by atoms with Crippen LogP contribution in [-0.4, -0.2) is 54.3 Å². The molecule has 1 aliphatic heterocycles. The molecule has 1 spiro atoms. The van der Waals surface area contributed by atoms with E-state index in [-0.39, 0.29) is 28.8 Å². The second kappa shape index (κ2) is 9.41. The summed E-state index contributed by atoms with van der Waals surface area (Å²) in [5.74, 6) is -1.04. The summed E-state index contributed by atoms with van der Waals surface area (Å²) in [6.45, 7) is 2.23. The number of benzene rings is 1. The van der Waals surface area contributed by atoms with Crippen molar-refractivity contribution in [1.82, 2.24) is 9.80 Å². The SMILES string of the molecule is CN(C(=O)CN1CC2(CCC(C(=O)Nc3cc(F)cc(C(F)F)c3)CC2)C1)C1CCCC1. The van der Waals surface area contributed by atoms with Gasteiger partial charge in [0, 0.05) is 43.3 Å². The Morgan fingerprint density at radius 1 is 1.12 bits per heavy atom. The molecule has 4 rings (SSSR count). The van der Waals surface area contributed by atoms with Crippen LogP contribution in [-0.2, 0) is 9.59 Å². The maximum Gasteiger partial charge on any atom is 0.264 e. The largest absolute Gasteiger partial charge is 0.342 e. The fourth-order valence-electron chi connectivity index (χ4n) is 5.68. The molecule has 1 N–H and O–H groups in total. The molecule has 0 bridgehead atoms. The second-order valence-electron chi connectivity index (χ2n) is 9.93. The van der Waals surface area contributed by atoms with Gasteiger partial charge in [0.1, 0.15) is 5.82 Å². The van der Waals surface area contributed by atoms with Gasteiger partial charge in [-0.15, -0.1) is 0 Å². The number of hydrogen-bond acceptors (Lipinski definition) is 3. The summed E-state index contributed by atoms with van der Waals surface area (Å²) in [5, 5.41) is 2.61. The van der Waals surface area contributed by atoms with Crippen LogP contribution in [0, 0.1) is 17.2 Å². The molecule has 1 heterocycles. The van der Waals surface area contributed by atoms with Crippen molar-refractivity contribution in [3.05, 3.63) is 29.6 Å². The Labute approximate surface area is 187 Å². The third-order valence-electron chi connectivity index (χ3n) is 7.60. The molecule has 0 unspecified atom stereocenters. The first kappa shape index (κ1) is 23.1. The summed E-state index contributed by atoms with van der Waals surface area (Å²) in [7, 11) is 1.92. The Bertz CT molecular complexity index is 841. The van der Waals surface area contributed by atoms with E-state index in [4.69, 9.17) is 0 Å². The molecule has 0 aromatic heterocycles. The lowest BCUT2D eigenvalue weighted by atomic mass is 9.65. The molecular formula is C24H32F3N3O2. The second-order valence-corrected chi connectivity index (χ2v) is 9.93. The lowest BCUT2D eigenvalue weighted by molar-refractivity contribution is -0.138. The lowest BCUT2D eigenvalue weighted by Crippen LogP contribution is -2.60. The first-order valence-electron chi connectivity index (χ1n) is 11.6. The van der Waals surface area contributed by atoms with Crippen LogP contribution in [0.3, 0.4) is 0 Å². The maximum atomic E-state index is 13.6. The fourth-order valence-corrected chi connectivity index (χ4v) is 5.68. The molecule has 5 nitrogen and oxygen atoms in total. The fraction of sp³-hybridized carbons (Fsp3) is 0.667. The van der Waals surface area contributed by atoms with Gasteiger partial charge in [-0.3, -0.25) is 14.5 Å². The zero-order valence-electron chi connectivity index (χ0n) is 18.6. The van der Waals surface area contributed by atoms with Gasteiger partial charge < -0.3 is 10.2 Å². The van der Waals surface area contributed by atoms with Crippen molar-refractivity contribution in [2.45, 2.75) is 63.8 Å². The topological polar surface area (TPSA) is 52.7 Å². The van der Waals surface area contributed by atoms with Crippen molar-refractivity contribution in [1.29, 1.82) is 0 Å². The number of halogens is 3. The van der Waals surface area contributed by atoms with Crippen molar-refractivity contribution >= 4 is 17.5 Å². The number of carbonyl (C=O) groups excluding carboxylic acids is 2. The van der Waals surface area contributed by atoms with E-state index in [1.807, 2.05) is 11.9 Å². The molecule has 0 radical (unpaired) electrons. The number of likely N-dealkylation sites (tertiary alicyclic amines) is 1. The Hall–Kier alpha value is -2.09. The number of alkyl halides is 2. The average molecular weight is 452 g/mol. The minimum absolute atomic E-state index is 0.0744. The summed E-state index contributed by atoms with van der Waals surface area (Å²) < 4.78 is 39.3. The molecule has 2 saturated carbocycles. The third kappa shape index (κ3) is 5.11. The Morgan fingerprint density at radius 3 is 2.41 bits per heavy atom. The highest BCUT2D eigenvalue weighted by atomic mass is 19.3. The van der Waals surface area contributed by atoms with E-state index in [1.165, 1.54) is 12.8 Å². The van der Waals surface area contributed by atoms with Gasteiger partial charge in [0.25, 0.3) is 6.43 Å².